The van der Waals surface area contributed by atoms with E-state index in [4.69, 9.17) is 0 Å². The van der Waals surface area contributed by atoms with Gasteiger partial charge in [-0.05, 0) is 25.0 Å². The van der Waals surface area contributed by atoms with Crippen LogP contribution in [0.25, 0.3) is 0 Å². The predicted molar refractivity (Wildman–Crippen MR) is 87.0 cm³/mol. The highest BCUT2D eigenvalue weighted by molar-refractivity contribution is 6.00. The van der Waals surface area contributed by atoms with E-state index in [0.29, 0.717) is 12.8 Å². The molecular formula is C17H19F5N2O4. The second-order valence-corrected chi connectivity index (χ2v) is 5.99. The van der Waals surface area contributed by atoms with E-state index in [2.05, 4.69) is 14.8 Å². The number of likely N-dealkylation sites (tertiary alicyclic amines) is 1. The number of benzene rings is 1. The Morgan fingerprint density at radius 1 is 1.25 bits per heavy atom. The molecular weight excluding hydrogens is 391 g/mol. The zero-order valence-electron chi connectivity index (χ0n) is 14.7. The van der Waals surface area contributed by atoms with Crippen molar-refractivity contribution in [1.82, 2.24) is 10.2 Å². The molecule has 0 aliphatic carbocycles. The molecule has 1 unspecified atom stereocenters. The number of para-hydroxylation sites is 1. The molecule has 1 aliphatic heterocycles. The molecule has 11 heteroatoms. The number of nitrogens with zero attached hydrogens (tertiary/aromatic N) is 1. The number of amides is 2. The van der Waals surface area contributed by atoms with Crippen LogP contribution < -0.4 is 10.1 Å². The summed E-state index contributed by atoms with van der Waals surface area (Å²) in [6, 6.07) is 4.61. The quantitative estimate of drug-likeness (QED) is 0.529. The summed E-state index contributed by atoms with van der Waals surface area (Å²) in [6.07, 6.45) is -3.59. The first-order valence-electron chi connectivity index (χ1n) is 8.46. The highest BCUT2D eigenvalue weighted by Gasteiger charge is 2.35. The molecule has 0 aromatic heterocycles. The second kappa shape index (κ2) is 9.67. The summed E-state index contributed by atoms with van der Waals surface area (Å²) >= 11 is 0. The molecule has 1 aliphatic rings. The maximum absolute atomic E-state index is 12.7. The van der Waals surface area contributed by atoms with Crippen molar-refractivity contribution in [1.29, 1.82) is 0 Å². The van der Waals surface area contributed by atoms with Crippen molar-refractivity contribution in [3.63, 3.8) is 0 Å². The van der Waals surface area contributed by atoms with Crippen molar-refractivity contribution in [2.75, 3.05) is 26.3 Å². The SMILES string of the molecule is O=C(NCCOCC(F)(F)F)C1CCCN1C(=O)c1ccccc1OC(F)F. The Kier molecular flexibility index (Phi) is 7.55. The van der Waals surface area contributed by atoms with Crippen molar-refractivity contribution in [2.45, 2.75) is 31.7 Å². The van der Waals surface area contributed by atoms with Crippen molar-refractivity contribution < 1.29 is 41.0 Å². The van der Waals surface area contributed by atoms with Crippen LogP contribution in [0.1, 0.15) is 23.2 Å². The lowest BCUT2D eigenvalue weighted by Gasteiger charge is -2.25. The van der Waals surface area contributed by atoms with E-state index >= 15 is 0 Å². The third kappa shape index (κ3) is 6.32. The molecule has 6 nitrogen and oxygen atoms in total. The zero-order valence-corrected chi connectivity index (χ0v) is 14.7. The van der Waals surface area contributed by atoms with Gasteiger partial charge in [0, 0.05) is 13.1 Å². The van der Waals surface area contributed by atoms with E-state index in [1.165, 1.54) is 29.2 Å². The number of halogens is 5. The number of carbonyl (C=O) groups is 2. The Morgan fingerprint density at radius 2 is 1.96 bits per heavy atom. The second-order valence-electron chi connectivity index (χ2n) is 5.99. The van der Waals surface area contributed by atoms with Crippen LogP contribution >= 0.6 is 0 Å². The van der Waals surface area contributed by atoms with Crippen LogP contribution in [0.2, 0.25) is 0 Å². The zero-order chi connectivity index (χ0) is 20.7. The van der Waals surface area contributed by atoms with Gasteiger partial charge in [-0.15, -0.1) is 0 Å². The van der Waals surface area contributed by atoms with Gasteiger partial charge in [-0.1, -0.05) is 12.1 Å². The van der Waals surface area contributed by atoms with Crippen molar-refractivity contribution in [3.8, 4) is 5.75 Å². The molecule has 1 atom stereocenters. The average molecular weight is 410 g/mol. The smallest absolute Gasteiger partial charge is 0.411 e. The predicted octanol–water partition coefficient (Wildman–Crippen LogP) is 2.59. The lowest BCUT2D eigenvalue weighted by molar-refractivity contribution is -0.173. The summed E-state index contributed by atoms with van der Waals surface area (Å²) in [5, 5.41) is 2.42. The number of ether oxygens (including phenoxy) is 2. The number of nitrogens with one attached hydrogen (secondary N) is 1. The normalized spacial score (nSPS) is 17.1. The largest absolute Gasteiger partial charge is 0.434 e. The van der Waals surface area contributed by atoms with Gasteiger partial charge in [0.25, 0.3) is 5.91 Å². The Labute approximate surface area is 157 Å². The van der Waals surface area contributed by atoms with Gasteiger partial charge >= 0.3 is 12.8 Å². The molecule has 0 saturated carbocycles. The molecule has 2 amide bonds. The number of alkyl halides is 5. The first kappa shape index (κ1) is 21.9. The lowest BCUT2D eigenvalue weighted by Crippen LogP contribution is -2.46. The van der Waals surface area contributed by atoms with Gasteiger partial charge in [0.1, 0.15) is 18.4 Å². The average Bonchev–Trinajstić information content (AvgIpc) is 3.09. The van der Waals surface area contributed by atoms with Crippen LogP contribution in [-0.4, -0.2) is 61.8 Å². The first-order valence-corrected chi connectivity index (χ1v) is 8.46. The van der Waals surface area contributed by atoms with Crippen LogP contribution in [-0.2, 0) is 9.53 Å². The topological polar surface area (TPSA) is 67.9 Å². The Morgan fingerprint density at radius 3 is 2.64 bits per heavy atom. The molecule has 0 radical (unpaired) electrons. The van der Waals surface area contributed by atoms with E-state index < -0.39 is 37.3 Å². The molecule has 1 N–H and O–H groups in total. The van der Waals surface area contributed by atoms with Gasteiger partial charge in [-0.2, -0.15) is 22.0 Å². The fourth-order valence-electron chi connectivity index (χ4n) is 2.83. The molecule has 1 saturated heterocycles. The third-order valence-electron chi connectivity index (χ3n) is 3.96. The van der Waals surface area contributed by atoms with Gasteiger partial charge in [0.15, 0.2) is 0 Å². The fourth-order valence-corrected chi connectivity index (χ4v) is 2.83. The molecule has 1 aromatic carbocycles. The van der Waals surface area contributed by atoms with E-state index in [0.717, 1.165) is 0 Å². The van der Waals surface area contributed by atoms with Crippen LogP contribution in [0.5, 0.6) is 5.75 Å². The fraction of sp³-hybridized carbons (Fsp3) is 0.529. The van der Waals surface area contributed by atoms with Gasteiger partial charge < -0.3 is 19.7 Å². The first-order chi connectivity index (χ1) is 13.2. The molecule has 1 aromatic rings. The minimum atomic E-state index is -4.45. The van der Waals surface area contributed by atoms with Crippen LogP contribution in [0, 0.1) is 0 Å². The number of hydrogen-bond acceptors (Lipinski definition) is 4. The molecule has 0 spiro atoms. The standard InChI is InChI=1S/C17H19F5N2O4/c18-16(19)28-13-6-2-1-4-11(13)15(26)24-8-3-5-12(24)14(25)23-7-9-27-10-17(20,21)22/h1-2,4,6,12,16H,3,5,7-10H2,(H,23,25). The summed E-state index contributed by atoms with van der Waals surface area (Å²) < 4.78 is 69.8. The highest BCUT2D eigenvalue weighted by Crippen LogP contribution is 2.26. The van der Waals surface area contributed by atoms with E-state index in [-0.39, 0.29) is 31.0 Å². The van der Waals surface area contributed by atoms with Crippen molar-refractivity contribution in [3.05, 3.63) is 29.8 Å². The molecule has 156 valence electrons. The molecule has 2 rings (SSSR count). The van der Waals surface area contributed by atoms with Crippen molar-refractivity contribution >= 4 is 11.8 Å². The third-order valence-corrected chi connectivity index (χ3v) is 3.96. The van der Waals surface area contributed by atoms with Gasteiger partial charge in [-0.25, -0.2) is 0 Å². The number of rotatable bonds is 8. The van der Waals surface area contributed by atoms with Crippen LogP contribution in [0.4, 0.5) is 22.0 Å². The van der Waals surface area contributed by atoms with E-state index in [1.807, 2.05) is 0 Å². The Hall–Kier alpha value is -2.43. The minimum absolute atomic E-state index is 0.101. The van der Waals surface area contributed by atoms with E-state index in [9.17, 15) is 31.5 Å². The maximum atomic E-state index is 12.7. The summed E-state index contributed by atoms with van der Waals surface area (Å²) in [7, 11) is 0. The van der Waals surface area contributed by atoms with Crippen LogP contribution in [0.15, 0.2) is 24.3 Å². The number of carbonyl (C=O) groups excluding carboxylic acids is 2. The maximum Gasteiger partial charge on any atom is 0.411 e. The van der Waals surface area contributed by atoms with E-state index in [1.54, 1.807) is 0 Å². The monoisotopic (exact) mass is 410 g/mol. The molecule has 0 bridgehead atoms. The molecule has 1 heterocycles. The summed E-state index contributed by atoms with van der Waals surface area (Å²) in [6.45, 7) is -4.78. The van der Waals surface area contributed by atoms with Gasteiger partial charge in [0.05, 0.1) is 12.2 Å². The summed E-state index contributed by atoms with van der Waals surface area (Å²) in [5.74, 6) is -1.48. The minimum Gasteiger partial charge on any atom is -0.434 e. The van der Waals surface area contributed by atoms with Gasteiger partial charge in [0.2, 0.25) is 5.91 Å². The van der Waals surface area contributed by atoms with Crippen molar-refractivity contribution in [2.24, 2.45) is 0 Å². The highest BCUT2D eigenvalue weighted by atomic mass is 19.4. The Bertz CT molecular complexity index is 684. The van der Waals surface area contributed by atoms with Gasteiger partial charge in [-0.3, -0.25) is 9.59 Å². The summed E-state index contributed by atoms with van der Waals surface area (Å²) in [5.41, 5.74) is -0.101. The molecule has 1 fully saturated rings. The summed E-state index contributed by atoms with van der Waals surface area (Å²) in [4.78, 5) is 26.2. The number of hydrogen-bond donors (Lipinski definition) is 1. The Balaban J connectivity index is 1.95. The molecule has 28 heavy (non-hydrogen) atoms. The lowest BCUT2D eigenvalue weighted by atomic mass is 10.1. The van der Waals surface area contributed by atoms with Crippen LogP contribution in [0.3, 0.4) is 0 Å².